The van der Waals surface area contributed by atoms with Gasteiger partial charge in [-0.3, -0.25) is 0 Å². The molecule has 0 fully saturated rings. The molecule has 1 aliphatic heterocycles. The molecule has 0 unspecified atom stereocenters. The third-order valence-corrected chi connectivity index (χ3v) is 2.02. The maximum absolute atomic E-state index is 8.56. The van der Waals surface area contributed by atoms with Crippen LogP contribution in [0.1, 0.15) is 12.5 Å². The number of ether oxygens (including phenoxy) is 3. The van der Waals surface area contributed by atoms with Gasteiger partial charge in [0, 0.05) is 0 Å². The molecule has 0 radical (unpaired) electrons. The van der Waals surface area contributed by atoms with Crippen molar-refractivity contribution in [1.82, 2.24) is 0 Å². The number of fused-ring (bicyclic) bond motifs is 1. The lowest BCUT2D eigenvalue weighted by Gasteiger charge is -2.08. The number of hydrogen-bond acceptors (Lipinski definition) is 5. The normalized spacial score (nSPS) is 13.4. The van der Waals surface area contributed by atoms with Gasteiger partial charge in [-0.2, -0.15) is 0 Å². The van der Waals surface area contributed by atoms with Gasteiger partial charge in [0.1, 0.15) is 5.75 Å². The van der Waals surface area contributed by atoms with Crippen LogP contribution in [0.5, 0.6) is 17.2 Å². The van der Waals surface area contributed by atoms with E-state index in [4.69, 9.17) is 19.4 Å². The zero-order valence-electron chi connectivity index (χ0n) is 8.27. The van der Waals surface area contributed by atoms with Crippen molar-refractivity contribution in [3.05, 3.63) is 17.7 Å². The maximum Gasteiger partial charge on any atom is 0.231 e. The topological polar surface area (TPSA) is 60.3 Å². The smallest absolute Gasteiger partial charge is 0.231 e. The van der Waals surface area contributed by atoms with Crippen molar-refractivity contribution < 1.29 is 19.4 Å². The summed E-state index contributed by atoms with van der Waals surface area (Å²) in [7, 11) is 0. The Morgan fingerprint density at radius 1 is 1.53 bits per heavy atom. The summed E-state index contributed by atoms with van der Waals surface area (Å²) >= 11 is 0. The summed E-state index contributed by atoms with van der Waals surface area (Å²) in [4.78, 5) is 0. The molecule has 2 rings (SSSR count). The van der Waals surface area contributed by atoms with E-state index in [1.807, 2.05) is 6.92 Å². The molecule has 0 saturated carbocycles. The summed E-state index contributed by atoms with van der Waals surface area (Å²) in [6.45, 7) is 2.59. The Bertz CT molecular complexity index is 389. The molecule has 0 saturated heterocycles. The average Bonchev–Trinajstić information content (AvgIpc) is 2.70. The maximum atomic E-state index is 8.56. The largest absolute Gasteiger partial charge is 0.493 e. The molecule has 0 aliphatic carbocycles. The van der Waals surface area contributed by atoms with Gasteiger partial charge in [0.2, 0.25) is 6.79 Å². The Labute approximate surface area is 86.9 Å². The highest BCUT2D eigenvalue weighted by molar-refractivity contribution is 5.88. The molecule has 0 spiro atoms. The van der Waals surface area contributed by atoms with Crippen LogP contribution in [0.25, 0.3) is 0 Å². The molecular formula is C10H11NO4. The fourth-order valence-electron chi connectivity index (χ4n) is 1.44. The van der Waals surface area contributed by atoms with E-state index in [0.29, 0.717) is 29.4 Å². The predicted molar refractivity (Wildman–Crippen MR) is 53.1 cm³/mol. The molecular weight excluding hydrogens is 198 g/mol. The zero-order chi connectivity index (χ0) is 10.7. The Morgan fingerprint density at radius 3 is 3.13 bits per heavy atom. The van der Waals surface area contributed by atoms with Gasteiger partial charge in [0.05, 0.1) is 18.4 Å². The second-order valence-corrected chi connectivity index (χ2v) is 2.89. The highest BCUT2D eigenvalue weighted by atomic mass is 16.7. The Hall–Kier alpha value is -1.91. The fraction of sp³-hybridized carbons (Fsp3) is 0.300. The van der Waals surface area contributed by atoms with E-state index in [1.165, 1.54) is 6.21 Å². The highest BCUT2D eigenvalue weighted by Crippen LogP contribution is 2.39. The lowest BCUT2D eigenvalue weighted by molar-refractivity contribution is 0.173. The van der Waals surface area contributed by atoms with E-state index in [2.05, 4.69) is 5.16 Å². The number of hydrogen-bond donors (Lipinski definition) is 1. The van der Waals surface area contributed by atoms with E-state index >= 15 is 0 Å². The summed E-state index contributed by atoms with van der Waals surface area (Å²) in [6, 6.07) is 3.52. The number of rotatable bonds is 3. The Morgan fingerprint density at radius 2 is 2.40 bits per heavy atom. The summed E-state index contributed by atoms with van der Waals surface area (Å²) < 4.78 is 15.8. The Kier molecular flexibility index (Phi) is 2.62. The van der Waals surface area contributed by atoms with Crippen molar-refractivity contribution >= 4 is 6.21 Å². The molecule has 0 aromatic heterocycles. The zero-order valence-corrected chi connectivity index (χ0v) is 8.27. The first kappa shape index (κ1) is 9.64. The molecule has 80 valence electrons. The lowest BCUT2D eigenvalue weighted by Crippen LogP contribution is -1.98. The van der Waals surface area contributed by atoms with Gasteiger partial charge >= 0.3 is 0 Å². The van der Waals surface area contributed by atoms with Gasteiger partial charge in [-0.15, -0.1) is 0 Å². The average molecular weight is 209 g/mol. The Balaban J connectivity index is 2.48. The van der Waals surface area contributed by atoms with Gasteiger partial charge in [-0.05, 0) is 19.1 Å². The van der Waals surface area contributed by atoms with Crippen LogP contribution in [0, 0.1) is 0 Å². The first-order chi connectivity index (χ1) is 7.36. The quantitative estimate of drug-likeness (QED) is 0.467. The van der Waals surface area contributed by atoms with Gasteiger partial charge in [0.15, 0.2) is 11.5 Å². The molecule has 1 aromatic carbocycles. The van der Waals surface area contributed by atoms with Gasteiger partial charge in [-0.1, -0.05) is 5.16 Å². The second-order valence-electron chi connectivity index (χ2n) is 2.89. The van der Waals surface area contributed by atoms with E-state index in [-0.39, 0.29) is 6.79 Å². The van der Waals surface area contributed by atoms with E-state index in [1.54, 1.807) is 12.1 Å². The fourth-order valence-corrected chi connectivity index (χ4v) is 1.44. The van der Waals surface area contributed by atoms with Crippen LogP contribution in [0.4, 0.5) is 0 Å². The third kappa shape index (κ3) is 1.68. The van der Waals surface area contributed by atoms with Crippen LogP contribution in [-0.2, 0) is 0 Å². The summed E-state index contributed by atoms with van der Waals surface area (Å²) in [5.41, 5.74) is 0.592. The van der Waals surface area contributed by atoms with Crippen LogP contribution < -0.4 is 14.2 Å². The first-order valence-electron chi connectivity index (χ1n) is 4.59. The number of nitrogens with zero attached hydrogens (tertiary/aromatic N) is 1. The van der Waals surface area contributed by atoms with Crippen LogP contribution in [-0.4, -0.2) is 24.8 Å². The van der Waals surface area contributed by atoms with Crippen LogP contribution in [0.15, 0.2) is 17.3 Å². The molecule has 0 atom stereocenters. The van der Waals surface area contributed by atoms with E-state index < -0.39 is 0 Å². The minimum atomic E-state index is 0.178. The first-order valence-corrected chi connectivity index (χ1v) is 4.59. The molecule has 15 heavy (non-hydrogen) atoms. The van der Waals surface area contributed by atoms with Crippen molar-refractivity contribution in [2.24, 2.45) is 5.16 Å². The van der Waals surface area contributed by atoms with Gasteiger partial charge in [0.25, 0.3) is 0 Å². The monoisotopic (exact) mass is 209 g/mol. The van der Waals surface area contributed by atoms with Crippen molar-refractivity contribution in [2.45, 2.75) is 6.92 Å². The third-order valence-electron chi connectivity index (χ3n) is 2.02. The minimum Gasteiger partial charge on any atom is -0.493 e. The van der Waals surface area contributed by atoms with Crippen molar-refractivity contribution in [3.63, 3.8) is 0 Å². The van der Waals surface area contributed by atoms with Crippen LogP contribution in [0.3, 0.4) is 0 Å². The SMILES string of the molecule is CCOc1ccc2c(c1C=NO)OCO2. The standard InChI is InChI=1S/C10H11NO4/c1-2-13-8-3-4-9-10(15-6-14-9)7(8)5-11-12/h3-5,12H,2,6H2,1H3. The number of benzene rings is 1. The van der Waals surface area contributed by atoms with Crippen LogP contribution in [0.2, 0.25) is 0 Å². The summed E-state index contributed by atoms with van der Waals surface area (Å²) in [5, 5.41) is 11.5. The summed E-state index contributed by atoms with van der Waals surface area (Å²) in [6.07, 6.45) is 1.28. The second kappa shape index (κ2) is 4.08. The molecule has 5 nitrogen and oxygen atoms in total. The molecule has 0 bridgehead atoms. The molecule has 1 heterocycles. The van der Waals surface area contributed by atoms with E-state index in [0.717, 1.165) is 0 Å². The van der Waals surface area contributed by atoms with Crippen molar-refractivity contribution in [3.8, 4) is 17.2 Å². The highest BCUT2D eigenvalue weighted by Gasteiger charge is 2.20. The predicted octanol–water partition coefficient (Wildman–Crippen LogP) is 1.62. The molecule has 5 heteroatoms. The van der Waals surface area contributed by atoms with Crippen LogP contribution >= 0.6 is 0 Å². The lowest BCUT2D eigenvalue weighted by atomic mass is 10.2. The van der Waals surface area contributed by atoms with Gasteiger partial charge < -0.3 is 19.4 Å². The van der Waals surface area contributed by atoms with Crippen molar-refractivity contribution in [2.75, 3.05) is 13.4 Å². The molecule has 1 aromatic rings. The van der Waals surface area contributed by atoms with Crippen molar-refractivity contribution in [1.29, 1.82) is 0 Å². The number of oxime groups is 1. The molecule has 0 amide bonds. The molecule has 1 N–H and O–H groups in total. The van der Waals surface area contributed by atoms with E-state index in [9.17, 15) is 0 Å². The minimum absolute atomic E-state index is 0.178. The molecule has 1 aliphatic rings. The summed E-state index contributed by atoms with van der Waals surface area (Å²) in [5.74, 6) is 1.80. The van der Waals surface area contributed by atoms with Gasteiger partial charge in [-0.25, -0.2) is 0 Å².